The molecule has 0 aliphatic rings. The molecule has 0 radical (unpaired) electrons. The van der Waals surface area contributed by atoms with Crippen LogP contribution in [-0.2, 0) is 16.4 Å². The average molecular weight is 467 g/mol. The van der Waals surface area contributed by atoms with Crippen LogP contribution in [-0.4, -0.2) is 24.1 Å². The molecule has 9 heteroatoms. The first-order valence-corrected chi connectivity index (χ1v) is 11.6. The Kier molecular flexibility index (Phi) is 6.20. The van der Waals surface area contributed by atoms with Gasteiger partial charge in [0, 0.05) is 5.56 Å². The Morgan fingerprint density at radius 3 is 2.59 bits per heavy atom. The molecule has 29 heavy (non-hydrogen) atoms. The molecule has 1 aromatic heterocycles. The molecule has 0 unspecified atom stereocenters. The lowest BCUT2D eigenvalue weighted by Gasteiger charge is -2.08. The fourth-order valence-electron chi connectivity index (χ4n) is 2.66. The second-order valence-electron chi connectivity index (χ2n) is 6.42. The molecule has 0 fully saturated rings. The summed E-state index contributed by atoms with van der Waals surface area (Å²) in [5.41, 5.74) is 0.762. The van der Waals surface area contributed by atoms with E-state index < -0.39 is 21.0 Å². The summed E-state index contributed by atoms with van der Waals surface area (Å²) in [6.45, 7) is 3.32. The van der Waals surface area contributed by atoms with Gasteiger partial charge in [-0.3, -0.25) is 4.79 Å². The highest BCUT2D eigenvalue weighted by Crippen LogP contribution is 2.31. The zero-order valence-electron chi connectivity index (χ0n) is 15.5. The molecule has 3 rings (SSSR count). The Morgan fingerprint density at radius 1 is 1.24 bits per heavy atom. The predicted molar refractivity (Wildman–Crippen MR) is 117 cm³/mol. The van der Waals surface area contributed by atoms with Crippen molar-refractivity contribution in [2.75, 3.05) is 0 Å². The fraction of sp³-hybridized carbons (Fsp3) is 0.200. The highest BCUT2D eigenvalue weighted by atomic mass is 35.5. The van der Waals surface area contributed by atoms with Crippen molar-refractivity contribution >= 4 is 60.5 Å². The molecular weight excluding hydrogens is 451 g/mol. The first-order chi connectivity index (χ1) is 13.7. The Bertz CT molecular complexity index is 1330. The topological polar surface area (TPSA) is 68.5 Å². The normalized spacial score (nSPS) is 12.5. The lowest BCUT2D eigenvalue weighted by atomic mass is 10.2. The third-order valence-corrected chi connectivity index (χ3v) is 8.20. The molecule has 1 amide bonds. The number of rotatable bonds is 4. The summed E-state index contributed by atoms with van der Waals surface area (Å²) in [7, 11) is -3.51. The summed E-state index contributed by atoms with van der Waals surface area (Å²) in [5.74, 6) is 1.93. The second-order valence-corrected chi connectivity index (χ2v) is 10.7. The molecule has 5 nitrogen and oxygen atoms in total. The van der Waals surface area contributed by atoms with E-state index in [2.05, 4.69) is 10.9 Å². The average Bonchev–Trinajstić information content (AvgIpc) is 3.04. The van der Waals surface area contributed by atoms with Gasteiger partial charge in [0.25, 0.3) is 5.91 Å². The van der Waals surface area contributed by atoms with Gasteiger partial charge in [-0.2, -0.15) is 4.99 Å². The maximum Gasteiger partial charge on any atom is 0.279 e. The van der Waals surface area contributed by atoms with Crippen LogP contribution in [0.4, 0.5) is 0 Å². The van der Waals surface area contributed by atoms with Crippen LogP contribution in [0, 0.1) is 12.3 Å². The third kappa shape index (κ3) is 4.12. The maximum atomic E-state index is 12.8. The fourth-order valence-corrected chi connectivity index (χ4v) is 5.41. The Labute approximate surface area is 182 Å². The van der Waals surface area contributed by atoms with Crippen LogP contribution in [0.5, 0.6) is 0 Å². The van der Waals surface area contributed by atoms with Gasteiger partial charge in [0.15, 0.2) is 14.6 Å². The molecule has 0 spiro atoms. The number of carbonyl (C=O) groups is 1. The van der Waals surface area contributed by atoms with Gasteiger partial charge in [-0.25, -0.2) is 8.42 Å². The number of carbonyl (C=O) groups excluding carboxylic acids is 1. The van der Waals surface area contributed by atoms with E-state index in [1.807, 2.05) is 0 Å². The van der Waals surface area contributed by atoms with Crippen LogP contribution in [0.15, 0.2) is 46.3 Å². The minimum Gasteiger partial charge on any atom is -0.303 e. The predicted octanol–water partition coefficient (Wildman–Crippen LogP) is 4.57. The number of aromatic nitrogens is 1. The summed E-state index contributed by atoms with van der Waals surface area (Å²) in [6.07, 6.45) is 5.47. The number of hydrogen-bond donors (Lipinski definition) is 0. The van der Waals surface area contributed by atoms with Crippen LogP contribution in [0.3, 0.4) is 0 Å². The van der Waals surface area contributed by atoms with Crippen molar-refractivity contribution in [1.82, 2.24) is 4.57 Å². The minimum absolute atomic E-state index is 0.0764. The molecular formula is C20H16Cl2N2O3S2. The Hall–Kier alpha value is -2.11. The molecule has 0 bridgehead atoms. The van der Waals surface area contributed by atoms with Gasteiger partial charge >= 0.3 is 0 Å². The van der Waals surface area contributed by atoms with Gasteiger partial charge in [-0.05, 0) is 44.2 Å². The third-order valence-electron chi connectivity index (χ3n) is 4.21. The SMILES string of the molecule is C#CCn1c(=NC(=O)c2cccc(S(=O)(=O)C(C)C)c2)sc2c(Cl)ccc(Cl)c21. The molecule has 0 saturated heterocycles. The number of sulfone groups is 1. The standard InChI is InChI=1S/C20H16Cl2N2O3S2/c1-4-10-24-17-15(21)8-9-16(22)18(17)28-20(24)23-19(25)13-6-5-7-14(11-13)29(26,27)12(2)3/h1,5-9,11-12H,10H2,2-3H3. The molecule has 0 atom stereocenters. The van der Waals surface area contributed by atoms with E-state index in [-0.39, 0.29) is 17.0 Å². The molecule has 150 valence electrons. The van der Waals surface area contributed by atoms with E-state index in [0.717, 1.165) is 0 Å². The number of thiazole rings is 1. The summed E-state index contributed by atoms with van der Waals surface area (Å²) in [6, 6.07) is 9.15. The molecule has 0 saturated carbocycles. The first-order valence-electron chi connectivity index (χ1n) is 8.50. The van der Waals surface area contributed by atoms with Crippen molar-refractivity contribution in [3.05, 3.63) is 56.8 Å². The highest BCUT2D eigenvalue weighted by Gasteiger charge is 2.20. The lowest BCUT2D eigenvalue weighted by molar-refractivity contribution is 0.0997. The summed E-state index contributed by atoms with van der Waals surface area (Å²) >= 11 is 13.8. The molecule has 1 heterocycles. The zero-order chi connectivity index (χ0) is 21.3. The quantitative estimate of drug-likeness (QED) is 0.528. The van der Waals surface area contributed by atoms with E-state index in [1.54, 1.807) is 30.5 Å². The number of benzene rings is 2. The van der Waals surface area contributed by atoms with Gasteiger partial charge in [0.1, 0.15) is 0 Å². The molecule has 0 N–H and O–H groups in total. The second kappa shape index (κ2) is 8.33. The van der Waals surface area contributed by atoms with Crippen molar-refractivity contribution in [1.29, 1.82) is 0 Å². The van der Waals surface area contributed by atoms with E-state index >= 15 is 0 Å². The van der Waals surface area contributed by atoms with Gasteiger partial charge < -0.3 is 4.57 Å². The van der Waals surface area contributed by atoms with E-state index in [1.165, 1.54) is 35.6 Å². The van der Waals surface area contributed by atoms with Crippen molar-refractivity contribution in [2.24, 2.45) is 4.99 Å². The first kappa shape index (κ1) is 21.6. The largest absolute Gasteiger partial charge is 0.303 e. The molecule has 3 aromatic rings. The zero-order valence-corrected chi connectivity index (χ0v) is 18.7. The number of halogens is 2. The van der Waals surface area contributed by atoms with Crippen LogP contribution in [0.25, 0.3) is 10.2 Å². The van der Waals surface area contributed by atoms with Gasteiger partial charge in [-0.15, -0.1) is 6.42 Å². The summed E-state index contributed by atoms with van der Waals surface area (Å²) in [4.78, 5) is 17.4. The van der Waals surface area contributed by atoms with Crippen LogP contribution < -0.4 is 4.80 Å². The van der Waals surface area contributed by atoms with Crippen molar-refractivity contribution in [3.8, 4) is 12.3 Å². The lowest BCUT2D eigenvalue weighted by Crippen LogP contribution is -2.17. The highest BCUT2D eigenvalue weighted by molar-refractivity contribution is 7.92. The van der Waals surface area contributed by atoms with E-state index in [0.29, 0.717) is 25.1 Å². The van der Waals surface area contributed by atoms with Gasteiger partial charge in [-0.1, -0.05) is 46.5 Å². The number of terminal acetylenes is 1. The maximum absolute atomic E-state index is 12.8. The Balaban J connectivity index is 2.17. The smallest absolute Gasteiger partial charge is 0.279 e. The number of nitrogens with zero attached hydrogens (tertiary/aromatic N) is 2. The Morgan fingerprint density at radius 2 is 1.93 bits per heavy atom. The van der Waals surface area contributed by atoms with Crippen LogP contribution >= 0.6 is 34.5 Å². The monoisotopic (exact) mass is 466 g/mol. The molecule has 2 aromatic carbocycles. The molecule has 0 aliphatic carbocycles. The minimum atomic E-state index is -3.51. The van der Waals surface area contributed by atoms with Crippen molar-refractivity contribution in [3.63, 3.8) is 0 Å². The van der Waals surface area contributed by atoms with Gasteiger partial charge in [0.05, 0.1) is 37.0 Å². The van der Waals surface area contributed by atoms with Crippen molar-refractivity contribution < 1.29 is 13.2 Å². The summed E-state index contributed by atoms with van der Waals surface area (Å²) < 4.78 is 27.1. The van der Waals surface area contributed by atoms with E-state index in [9.17, 15) is 13.2 Å². The molecule has 0 aliphatic heterocycles. The van der Waals surface area contributed by atoms with Crippen LogP contribution in [0.2, 0.25) is 10.0 Å². The summed E-state index contributed by atoms with van der Waals surface area (Å²) in [5, 5.41) is 0.309. The number of fused-ring (bicyclic) bond motifs is 1. The number of hydrogen-bond acceptors (Lipinski definition) is 4. The van der Waals surface area contributed by atoms with Crippen LogP contribution in [0.1, 0.15) is 24.2 Å². The van der Waals surface area contributed by atoms with E-state index in [4.69, 9.17) is 29.6 Å². The van der Waals surface area contributed by atoms with Gasteiger partial charge in [0.2, 0.25) is 0 Å². The number of amides is 1. The van der Waals surface area contributed by atoms with Crippen molar-refractivity contribution in [2.45, 2.75) is 30.5 Å².